The summed E-state index contributed by atoms with van der Waals surface area (Å²) in [7, 11) is 3.45. The van der Waals surface area contributed by atoms with Gasteiger partial charge in [-0.1, -0.05) is 0 Å². The third-order valence-electron chi connectivity index (χ3n) is 5.33. The van der Waals surface area contributed by atoms with Crippen LogP contribution in [-0.2, 0) is 17.7 Å². The molecule has 29 heavy (non-hydrogen) atoms. The van der Waals surface area contributed by atoms with Crippen LogP contribution in [0.2, 0.25) is 0 Å². The van der Waals surface area contributed by atoms with Crippen molar-refractivity contribution in [2.24, 2.45) is 4.99 Å². The fourth-order valence-electron chi connectivity index (χ4n) is 3.80. The van der Waals surface area contributed by atoms with Crippen molar-refractivity contribution >= 4 is 12.1 Å². The lowest BCUT2D eigenvalue weighted by Gasteiger charge is -2.32. The molecule has 3 rings (SSSR count). The number of hydrogen-bond acceptors (Lipinski definition) is 5. The van der Waals surface area contributed by atoms with Gasteiger partial charge in [0, 0.05) is 50.3 Å². The average molecular weight is 405 g/mol. The van der Waals surface area contributed by atoms with E-state index in [0.29, 0.717) is 26.2 Å². The zero-order chi connectivity index (χ0) is 20.8. The molecular formula is C21H32N4O4. The van der Waals surface area contributed by atoms with Gasteiger partial charge in [-0.15, -0.1) is 0 Å². The van der Waals surface area contributed by atoms with Crippen molar-refractivity contribution in [3.8, 4) is 11.5 Å². The highest BCUT2D eigenvalue weighted by Crippen LogP contribution is 2.34. The Bertz CT molecular complexity index is 744. The van der Waals surface area contributed by atoms with E-state index >= 15 is 0 Å². The van der Waals surface area contributed by atoms with E-state index in [0.717, 1.165) is 42.3 Å². The maximum absolute atomic E-state index is 11.8. The molecule has 0 saturated carbocycles. The molecule has 1 aromatic rings. The Kier molecular flexibility index (Phi) is 7.06. The lowest BCUT2D eigenvalue weighted by Crippen LogP contribution is -2.49. The average Bonchev–Trinajstić information content (AvgIpc) is 3.09. The first kappa shape index (κ1) is 21.1. The van der Waals surface area contributed by atoms with Crippen LogP contribution in [0.4, 0.5) is 4.79 Å². The number of piperidine rings is 1. The second-order valence-electron chi connectivity index (χ2n) is 7.43. The minimum atomic E-state index is -0.228. The fraction of sp³-hybridized carbons (Fsp3) is 0.619. The maximum Gasteiger partial charge on any atom is 0.409 e. The molecule has 1 amide bonds. The minimum Gasteiger partial charge on any atom is -0.496 e. The number of likely N-dealkylation sites (tertiary alicyclic amines) is 1. The Morgan fingerprint density at radius 3 is 2.76 bits per heavy atom. The number of amides is 1. The molecule has 1 saturated heterocycles. The van der Waals surface area contributed by atoms with Crippen LogP contribution in [0.3, 0.4) is 0 Å². The third kappa shape index (κ3) is 5.25. The first-order valence-electron chi connectivity index (χ1n) is 10.3. The van der Waals surface area contributed by atoms with Crippen molar-refractivity contribution < 1.29 is 19.0 Å². The molecule has 1 fully saturated rings. The number of carbonyl (C=O) groups is 1. The van der Waals surface area contributed by atoms with Crippen LogP contribution in [-0.4, -0.2) is 63.0 Å². The van der Waals surface area contributed by atoms with Crippen molar-refractivity contribution in [2.75, 3.05) is 33.9 Å². The van der Waals surface area contributed by atoms with E-state index in [4.69, 9.17) is 14.2 Å². The summed E-state index contributed by atoms with van der Waals surface area (Å²) in [4.78, 5) is 17.9. The SMILES string of the molecule is CCOC(=O)N1CCC(NC(=NC)NCc2cc3c(cc2OC)CC(C)O3)CC1. The van der Waals surface area contributed by atoms with E-state index in [-0.39, 0.29) is 18.2 Å². The summed E-state index contributed by atoms with van der Waals surface area (Å²) in [5.74, 6) is 2.52. The van der Waals surface area contributed by atoms with Crippen molar-refractivity contribution in [3.05, 3.63) is 23.3 Å². The summed E-state index contributed by atoms with van der Waals surface area (Å²) < 4.78 is 16.5. The molecule has 0 spiro atoms. The molecule has 1 aromatic carbocycles. The summed E-state index contributed by atoms with van der Waals surface area (Å²) in [5, 5.41) is 6.81. The Hall–Kier alpha value is -2.64. The van der Waals surface area contributed by atoms with Gasteiger partial charge in [0.25, 0.3) is 0 Å². The van der Waals surface area contributed by atoms with E-state index in [1.165, 1.54) is 5.56 Å². The van der Waals surface area contributed by atoms with Gasteiger partial charge in [0.15, 0.2) is 5.96 Å². The number of methoxy groups -OCH3 is 1. The molecule has 2 aliphatic heterocycles. The van der Waals surface area contributed by atoms with Gasteiger partial charge in [0.05, 0.1) is 13.7 Å². The highest BCUT2D eigenvalue weighted by atomic mass is 16.6. The number of nitrogens with zero attached hydrogens (tertiary/aromatic N) is 2. The molecular weight excluding hydrogens is 372 g/mol. The predicted octanol–water partition coefficient (Wildman–Crippen LogP) is 2.30. The lowest BCUT2D eigenvalue weighted by molar-refractivity contribution is 0.0963. The highest BCUT2D eigenvalue weighted by molar-refractivity contribution is 5.80. The number of ether oxygens (including phenoxy) is 3. The van der Waals surface area contributed by atoms with Crippen molar-refractivity contribution in [3.63, 3.8) is 0 Å². The number of rotatable bonds is 5. The topological polar surface area (TPSA) is 84.4 Å². The quantitative estimate of drug-likeness (QED) is 0.579. The predicted molar refractivity (Wildman–Crippen MR) is 112 cm³/mol. The summed E-state index contributed by atoms with van der Waals surface area (Å²) in [6.45, 7) is 6.25. The molecule has 8 heteroatoms. The smallest absolute Gasteiger partial charge is 0.409 e. The normalized spacial score (nSPS) is 19.4. The number of hydrogen-bond donors (Lipinski definition) is 2. The second kappa shape index (κ2) is 9.71. The van der Waals surface area contributed by atoms with Crippen LogP contribution >= 0.6 is 0 Å². The molecule has 0 aliphatic carbocycles. The number of benzene rings is 1. The number of carbonyl (C=O) groups excluding carboxylic acids is 1. The molecule has 2 heterocycles. The molecule has 0 aromatic heterocycles. The van der Waals surface area contributed by atoms with Crippen molar-refractivity contribution in [2.45, 2.75) is 51.8 Å². The van der Waals surface area contributed by atoms with Crippen molar-refractivity contribution in [1.29, 1.82) is 0 Å². The van der Waals surface area contributed by atoms with Gasteiger partial charge in [-0.3, -0.25) is 4.99 Å². The molecule has 2 aliphatic rings. The maximum atomic E-state index is 11.8. The molecule has 1 atom stereocenters. The number of fused-ring (bicyclic) bond motifs is 1. The van der Waals surface area contributed by atoms with E-state index in [1.807, 2.05) is 6.92 Å². The van der Waals surface area contributed by atoms with Crippen molar-refractivity contribution in [1.82, 2.24) is 15.5 Å². The zero-order valence-corrected chi connectivity index (χ0v) is 17.8. The summed E-state index contributed by atoms with van der Waals surface area (Å²) in [6.07, 6.45) is 2.59. The fourth-order valence-corrected chi connectivity index (χ4v) is 3.80. The van der Waals surface area contributed by atoms with Crippen LogP contribution in [0.1, 0.15) is 37.8 Å². The first-order chi connectivity index (χ1) is 14.0. The monoisotopic (exact) mass is 404 g/mol. The van der Waals surface area contributed by atoms with E-state index in [1.54, 1.807) is 19.1 Å². The van der Waals surface area contributed by atoms with Gasteiger partial charge in [-0.2, -0.15) is 0 Å². The largest absolute Gasteiger partial charge is 0.496 e. The van der Waals surface area contributed by atoms with Gasteiger partial charge < -0.3 is 29.7 Å². The van der Waals surface area contributed by atoms with Crippen LogP contribution in [0.25, 0.3) is 0 Å². The van der Waals surface area contributed by atoms with Crippen LogP contribution in [0, 0.1) is 0 Å². The van der Waals surface area contributed by atoms with Gasteiger partial charge in [-0.25, -0.2) is 4.79 Å². The highest BCUT2D eigenvalue weighted by Gasteiger charge is 2.25. The second-order valence-corrected chi connectivity index (χ2v) is 7.43. The standard InChI is InChI=1S/C21H32N4O4/c1-5-28-21(26)25-8-6-17(7-9-25)24-20(22-3)23-13-16-12-19-15(10-14(2)29-19)11-18(16)27-4/h11-12,14,17H,5-10,13H2,1-4H3,(H2,22,23,24). The summed E-state index contributed by atoms with van der Waals surface area (Å²) in [6, 6.07) is 4.38. The Labute approximate surface area is 172 Å². The van der Waals surface area contributed by atoms with Gasteiger partial charge >= 0.3 is 6.09 Å². The zero-order valence-electron chi connectivity index (χ0n) is 17.8. The Morgan fingerprint density at radius 2 is 2.10 bits per heavy atom. The Balaban J connectivity index is 1.53. The van der Waals surface area contributed by atoms with Gasteiger partial charge in [0.2, 0.25) is 0 Å². The summed E-state index contributed by atoms with van der Waals surface area (Å²) in [5.41, 5.74) is 2.22. The number of nitrogens with one attached hydrogen (secondary N) is 2. The molecule has 1 unspecified atom stereocenters. The van der Waals surface area contributed by atoms with Crippen LogP contribution in [0.5, 0.6) is 11.5 Å². The molecule has 0 bridgehead atoms. The Morgan fingerprint density at radius 1 is 1.34 bits per heavy atom. The minimum absolute atomic E-state index is 0.202. The van der Waals surface area contributed by atoms with Gasteiger partial charge in [-0.05, 0) is 38.8 Å². The van der Waals surface area contributed by atoms with E-state index in [2.05, 4.69) is 34.7 Å². The summed E-state index contributed by atoms with van der Waals surface area (Å²) >= 11 is 0. The molecule has 2 N–H and O–H groups in total. The lowest BCUT2D eigenvalue weighted by atomic mass is 10.1. The van der Waals surface area contributed by atoms with E-state index in [9.17, 15) is 4.79 Å². The molecule has 160 valence electrons. The van der Waals surface area contributed by atoms with Crippen LogP contribution in [0.15, 0.2) is 17.1 Å². The molecule has 8 nitrogen and oxygen atoms in total. The van der Waals surface area contributed by atoms with E-state index < -0.39 is 0 Å². The van der Waals surface area contributed by atoms with Crippen LogP contribution < -0.4 is 20.1 Å². The number of guanidine groups is 1. The number of aliphatic imine (C=N–C) groups is 1. The van der Waals surface area contributed by atoms with Gasteiger partial charge in [0.1, 0.15) is 17.6 Å². The first-order valence-corrected chi connectivity index (χ1v) is 10.3. The third-order valence-corrected chi connectivity index (χ3v) is 5.33. The molecule has 0 radical (unpaired) electrons.